The minimum atomic E-state index is -3.53. The predicted octanol–water partition coefficient (Wildman–Crippen LogP) is 2.08. The number of nitrogens with one attached hydrogen (secondary N) is 1. The fourth-order valence-corrected chi connectivity index (χ4v) is 4.19. The average molecular weight is 366 g/mol. The first-order valence-electron chi connectivity index (χ1n) is 8.96. The topological polar surface area (TPSA) is 75.7 Å². The van der Waals surface area contributed by atoms with Crippen molar-refractivity contribution >= 4 is 21.6 Å². The summed E-state index contributed by atoms with van der Waals surface area (Å²) < 4.78 is 33.0. The number of fused-ring (bicyclic) bond motifs is 1. The third-order valence-corrected chi connectivity index (χ3v) is 6.13. The fourth-order valence-electron chi connectivity index (χ4n) is 3.07. The van der Waals surface area contributed by atoms with Gasteiger partial charge >= 0.3 is 0 Å². The number of ether oxygens (including phenoxy) is 1. The van der Waals surface area contributed by atoms with Crippen LogP contribution in [0.1, 0.15) is 38.2 Å². The molecule has 0 saturated heterocycles. The number of carbonyl (C=O) groups is 1. The van der Waals surface area contributed by atoms with Gasteiger partial charge in [0.05, 0.1) is 4.90 Å². The molecular weight excluding hydrogens is 340 g/mol. The molecule has 1 aromatic rings. The van der Waals surface area contributed by atoms with Gasteiger partial charge in [0.2, 0.25) is 15.9 Å². The van der Waals surface area contributed by atoms with Crippen molar-refractivity contribution in [1.29, 1.82) is 0 Å². The van der Waals surface area contributed by atoms with Crippen molar-refractivity contribution in [3.8, 4) is 0 Å². The van der Waals surface area contributed by atoms with Crippen LogP contribution in [-0.4, -0.2) is 40.6 Å². The van der Waals surface area contributed by atoms with Gasteiger partial charge in [0.25, 0.3) is 0 Å². The van der Waals surface area contributed by atoms with Crippen LogP contribution in [0.3, 0.4) is 0 Å². The van der Waals surface area contributed by atoms with E-state index >= 15 is 0 Å². The van der Waals surface area contributed by atoms with Crippen LogP contribution >= 0.6 is 0 Å². The van der Waals surface area contributed by atoms with Gasteiger partial charge < -0.3 is 9.64 Å². The number of hydrogen-bond acceptors (Lipinski definition) is 4. The summed E-state index contributed by atoms with van der Waals surface area (Å²) in [4.78, 5) is 13.7. The molecule has 7 heteroatoms. The van der Waals surface area contributed by atoms with E-state index in [2.05, 4.69) is 4.72 Å². The van der Waals surface area contributed by atoms with Crippen LogP contribution in [0.15, 0.2) is 23.1 Å². The Hall–Kier alpha value is -1.44. The van der Waals surface area contributed by atoms with E-state index in [4.69, 9.17) is 4.74 Å². The number of sulfonamides is 1. The van der Waals surface area contributed by atoms with E-state index in [-0.39, 0.29) is 10.8 Å². The number of hydrogen-bond donors (Lipinski definition) is 1. The molecule has 1 aliphatic heterocycles. The van der Waals surface area contributed by atoms with Gasteiger partial charge in [-0.25, -0.2) is 13.1 Å². The molecule has 1 aromatic carbocycles. The predicted molar refractivity (Wildman–Crippen MR) is 96.1 cm³/mol. The second kappa shape index (κ2) is 7.85. The average Bonchev–Trinajstić information content (AvgIpc) is 3.41. The maximum absolute atomic E-state index is 12.5. The Balaban J connectivity index is 1.57. The smallest absolute Gasteiger partial charge is 0.240 e. The molecule has 0 radical (unpaired) electrons. The molecule has 1 amide bonds. The van der Waals surface area contributed by atoms with Crippen LogP contribution in [0.5, 0.6) is 0 Å². The molecule has 0 atom stereocenters. The zero-order valence-electron chi connectivity index (χ0n) is 14.7. The first kappa shape index (κ1) is 18.4. The van der Waals surface area contributed by atoms with Gasteiger partial charge in [0.15, 0.2) is 0 Å². The van der Waals surface area contributed by atoms with E-state index in [1.54, 1.807) is 23.1 Å². The largest absolute Gasteiger partial charge is 0.381 e. The third-order valence-electron chi connectivity index (χ3n) is 4.67. The van der Waals surface area contributed by atoms with E-state index in [1.165, 1.54) is 19.8 Å². The zero-order chi connectivity index (χ0) is 17.9. The summed E-state index contributed by atoms with van der Waals surface area (Å²) >= 11 is 0. The summed E-state index contributed by atoms with van der Waals surface area (Å²) in [6.07, 6.45) is 4.81. The fraction of sp³-hybridized carbons (Fsp3) is 0.611. The van der Waals surface area contributed by atoms with Gasteiger partial charge in [-0.2, -0.15) is 0 Å². The van der Waals surface area contributed by atoms with Crippen molar-refractivity contribution in [2.24, 2.45) is 5.92 Å². The van der Waals surface area contributed by atoms with Gasteiger partial charge in [0.1, 0.15) is 0 Å². The van der Waals surface area contributed by atoms with Gasteiger partial charge in [-0.15, -0.1) is 0 Å². The molecule has 1 aliphatic carbocycles. The van der Waals surface area contributed by atoms with Crippen LogP contribution in [0, 0.1) is 5.92 Å². The lowest BCUT2D eigenvalue weighted by atomic mass is 10.0. The number of anilines is 1. The quantitative estimate of drug-likeness (QED) is 0.715. The normalized spacial score (nSPS) is 17.4. The van der Waals surface area contributed by atoms with Crippen LogP contribution < -0.4 is 9.62 Å². The van der Waals surface area contributed by atoms with Crippen LogP contribution in [0.2, 0.25) is 0 Å². The maximum Gasteiger partial charge on any atom is 0.240 e. The van der Waals surface area contributed by atoms with Crippen molar-refractivity contribution in [2.75, 3.05) is 31.2 Å². The summed E-state index contributed by atoms with van der Waals surface area (Å²) in [7, 11) is -3.53. The van der Waals surface area contributed by atoms with Gasteiger partial charge in [-0.3, -0.25) is 4.79 Å². The first-order chi connectivity index (χ1) is 12.0. The monoisotopic (exact) mass is 366 g/mol. The lowest BCUT2D eigenvalue weighted by Crippen LogP contribution is -2.33. The number of amides is 1. The van der Waals surface area contributed by atoms with Crippen molar-refractivity contribution < 1.29 is 17.9 Å². The third kappa shape index (κ3) is 4.80. The Morgan fingerprint density at radius 1 is 1.36 bits per heavy atom. The summed E-state index contributed by atoms with van der Waals surface area (Å²) in [6.45, 7) is 3.96. The van der Waals surface area contributed by atoms with Gasteiger partial charge in [-0.1, -0.05) is 0 Å². The number of nitrogens with zero attached hydrogens (tertiary/aromatic N) is 1. The lowest BCUT2D eigenvalue weighted by molar-refractivity contribution is -0.116. The highest BCUT2D eigenvalue weighted by atomic mass is 32.2. The number of rotatable bonds is 8. The Labute approximate surface area is 149 Å². The SMILES string of the molecule is CC(=O)N1CCCc2cc(S(=O)(=O)NCCCOCC3CC3)ccc21. The Morgan fingerprint density at radius 3 is 2.88 bits per heavy atom. The van der Waals surface area contributed by atoms with Gasteiger partial charge in [0, 0.05) is 38.9 Å². The molecule has 0 unspecified atom stereocenters. The summed E-state index contributed by atoms with van der Waals surface area (Å²) in [5.41, 5.74) is 1.74. The van der Waals surface area contributed by atoms with Crippen LogP contribution in [-0.2, 0) is 26.0 Å². The van der Waals surface area contributed by atoms with Crippen molar-refractivity contribution in [3.05, 3.63) is 23.8 Å². The second-order valence-corrected chi connectivity index (χ2v) is 8.60. The molecule has 25 heavy (non-hydrogen) atoms. The minimum absolute atomic E-state index is 0.0131. The van der Waals surface area contributed by atoms with E-state index in [1.807, 2.05) is 0 Å². The van der Waals surface area contributed by atoms with Crippen LogP contribution in [0.4, 0.5) is 5.69 Å². The standard InChI is InChI=1S/C18H26N2O4S/c1-14(21)20-10-2-4-16-12-17(7-8-18(16)20)25(22,23)19-9-3-11-24-13-15-5-6-15/h7-8,12,15,19H,2-6,9-11,13H2,1H3. The Kier molecular flexibility index (Phi) is 5.76. The first-order valence-corrected chi connectivity index (χ1v) is 10.4. The van der Waals surface area contributed by atoms with Crippen molar-refractivity contribution in [3.63, 3.8) is 0 Å². The van der Waals surface area contributed by atoms with Crippen molar-refractivity contribution in [1.82, 2.24) is 4.72 Å². The molecule has 0 aromatic heterocycles. The van der Waals surface area contributed by atoms with E-state index < -0.39 is 10.0 Å². The minimum Gasteiger partial charge on any atom is -0.381 e. The summed E-state index contributed by atoms with van der Waals surface area (Å²) in [6, 6.07) is 5.01. The summed E-state index contributed by atoms with van der Waals surface area (Å²) in [5.74, 6) is 0.711. The molecule has 3 rings (SSSR count). The van der Waals surface area contributed by atoms with Gasteiger partial charge in [-0.05, 0) is 61.8 Å². The molecule has 1 fully saturated rings. The second-order valence-electron chi connectivity index (χ2n) is 6.83. The number of carbonyl (C=O) groups excluding carboxylic acids is 1. The van der Waals surface area contributed by atoms with Crippen molar-refractivity contribution in [2.45, 2.75) is 43.9 Å². The van der Waals surface area contributed by atoms with Crippen LogP contribution in [0.25, 0.3) is 0 Å². The lowest BCUT2D eigenvalue weighted by Gasteiger charge is -2.28. The molecule has 2 aliphatic rings. The highest BCUT2D eigenvalue weighted by molar-refractivity contribution is 7.89. The molecule has 0 spiro atoms. The van der Waals surface area contributed by atoms with E-state index in [0.29, 0.717) is 26.1 Å². The zero-order valence-corrected chi connectivity index (χ0v) is 15.5. The number of benzene rings is 1. The molecular formula is C18H26N2O4S. The van der Waals surface area contributed by atoms with E-state index in [9.17, 15) is 13.2 Å². The Morgan fingerprint density at radius 2 is 2.16 bits per heavy atom. The molecule has 6 nitrogen and oxygen atoms in total. The molecule has 1 N–H and O–H groups in total. The molecule has 0 bridgehead atoms. The molecule has 1 saturated carbocycles. The highest BCUT2D eigenvalue weighted by Crippen LogP contribution is 2.30. The van der Waals surface area contributed by atoms with E-state index in [0.717, 1.165) is 36.6 Å². The molecule has 138 valence electrons. The number of aryl methyl sites for hydroxylation is 1. The molecule has 1 heterocycles. The highest BCUT2D eigenvalue weighted by Gasteiger charge is 2.23. The maximum atomic E-state index is 12.5. The summed E-state index contributed by atoms with van der Waals surface area (Å²) in [5, 5.41) is 0. The Bertz CT molecular complexity index is 729.